The highest BCUT2D eigenvalue weighted by atomic mass is 35.5. The summed E-state index contributed by atoms with van der Waals surface area (Å²) in [6, 6.07) is 9.19. The summed E-state index contributed by atoms with van der Waals surface area (Å²) in [5, 5.41) is 3.32. The Balaban J connectivity index is 1.93. The molecule has 0 bridgehead atoms. The predicted molar refractivity (Wildman–Crippen MR) is 98.5 cm³/mol. The van der Waals surface area contributed by atoms with Gasteiger partial charge in [0.05, 0.1) is 17.3 Å². The van der Waals surface area contributed by atoms with Crippen LogP contribution in [0, 0.1) is 0 Å². The molecule has 1 aromatic carbocycles. The first-order valence-corrected chi connectivity index (χ1v) is 8.68. The topological polar surface area (TPSA) is 60.5 Å². The van der Waals surface area contributed by atoms with Gasteiger partial charge in [0.25, 0.3) is 0 Å². The third-order valence-corrected chi connectivity index (χ3v) is 3.70. The van der Waals surface area contributed by atoms with Crippen molar-refractivity contribution in [1.82, 2.24) is 10.3 Å². The Morgan fingerprint density at radius 1 is 1.32 bits per heavy atom. The van der Waals surface area contributed by atoms with E-state index >= 15 is 0 Å². The van der Waals surface area contributed by atoms with Crippen molar-refractivity contribution in [3.63, 3.8) is 0 Å². The molecule has 1 N–H and O–H groups in total. The van der Waals surface area contributed by atoms with Crippen molar-refractivity contribution in [3.8, 4) is 17.4 Å². The fourth-order valence-electron chi connectivity index (χ4n) is 2.31. The number of nitrogens with one attached hydrogen (secondary N) is 1. The fourth-order valence-corrected chi connectivity index (χ4v) is 2.55. The summed E-state index contributed by atoms with van der Waals surface area (Å²) in [4.78, 5) is 15.2. The molecule has 1 aromatic heterocycles. The summed E-state index contributed by atoms with van der Waals surface area (Å²) in [5.74, 6) is 1.53. The first-order chi connectivity index (χ1) is 12.0. The number of carbonyl (C=O) groups is 1. The first-order valence-electron chi connectivity index (χ1n) is 8.30. The Kier molecular flexibility index (Phi) is 7.07. The minimum Gasteiger partial charge on any atom is -0.490 e. The molecule has 0 saturated heterocycles. The van der Waals surface area contributed by atoms with E-state index in [4.69, 9.17) is 21.1 Å². The lowest BCUT2D eigenvalue weighted by Gasteiger charge is -2.14. The van der Waals surface area contributed by atoms with Crippen LogP contribution in [0.4, 0.5) is 0 Å². The van der Waals surface area contributed by atoms with Gasteiger partial charge in [0.2, 0.25) is 11.8 Å². The molecule has 134 valence electrons. The Hall–Kier alpha value is -2.27. The maximum absolute atomic E-state index is 11.0. The molecule has 6 heteroatoms. The van der Waals surface area contributed by atoms with Gasteiger partial charge in [-0.05, 0) is 37.1 Å². The number of rotatable bonds is 8. The van der Waals surface area contributed by atoms with E-state index in [1.807, 2.05) is 25.1 Å². The largest absolute Gasteiger partial charge is 0.490 e. The van der Waals surface area contributed by atoms with Gasteiger partial charge in [-0.25, -0.2) is 4.98 Å². The summed E-state index contributed by atoms with van der Waals surface area (Å²) in [6.07, 6.45) is 3.64. The van der Waals surface area contributed by atoms with E-state index in [1.165, 1.54) is 12.5 Å². The van der Waals surface area contributed by atoms with Crippen LogP contribution in [0.2, 0.25) is 5.02 Å². The molecule has 0 spiro atoms. The monoisotopic (exact) mass is 362 g/mol. The molecule has 1 atom stereocenters. The Bertz CT molecular complexity index is 704. The van der Waals surface area contributed by atoms with Crippen LogP contribution in [0.1, 0.15) is 32.8 Å². The molecule has 0 aliphatic rings. The highest BCUT2D eigenvalue weighted by Gasteiger charge is 2.07. The van der Waals surface area contributed by atoms with Gasteiger partial charge >= 0.3 is 0 Å². The van der Waals surface area contributed by atoms with Crippen molar-refractivity contribution in [3.05, 3.63) is 47.1 Å². The standard InChI is InChI=1S/C19H23ClN2O3/c1-4-5-15-6-8-18(17(20)10-15)25-19-9-7-16(11-21-19)24-12-13(2)22-14(3)23/h6-11,13H,4-5,12H2,1-3H3,(H,22,23)/t13-/m0/s1. The molecular formula is C19H23ClN2O3. The van der Waals surface area contributed by atoms with Crippen molar-refractivity contribution < 1.29 is 14.3 Å². The zero-order valence-corrected chi connectivity index (χ0v) is 15.5. The van der Waals surface area contributed by atoms with Gasteiger partial charge in [-0.1, -0.05) is 31.0 Å². The molecule has 0 aliphatic heterocycles. The Labute approximate surface area is 153 Å². The number of aromatic nitrogens is 1. The van der Waals surface area contributed by atoms with Gasteiger partial charge in [-0.2, -0.15) is 0 Å². The molecule has 0 fully saturated rings. The zero-order valence-electron chi connectivity index (χ0n) is 14.7. The number of hydrogen-bond acceptors (Lipinski definition) is 4. The lowest BCUT2D eigenvalue weighted by Crippen LogP contribution is -2.35. The van der Waals surface area contributed by atoms with Crippen molar-refractivity contribution in [1.29, 1.82) is 0 Å². The van der Waals surface area contributed by atoms with Crippen LogP contribution in [-0.4, -0.2) is 23.5 Å². The van der Waals surface area contributed by atoms with Gasteiger partial charge in [0.15, 0.2) is 0 Å². The number of aryl methyl sites for hydroxylation is 1. The lowest BCUT2D eigenvalue weighted by molar-refractivity contribution is -0.119. The number of benzene rings is 1. The van der Waals surface area contributed by atoms with Gasteiger partial charge < -0.3 is 14.8 Å². The molecule has 2 aromatic rings. The van der Waals surface area contributed by atoms with E-state index in [0.29, 0.717) is 29.0 Å². The molecule has 1 heterocycles. The zero-order chi connectivity index (χ0) is 18.2. The number of nitrogens with zero attached hydrogens (tertiary/aromatic N) is 1. The number of pyridine rings is 1. The van der Waals surface area contributed by atoms with Crippen LogP contribution in [-0.2, 0) is 11.2 Å². The number of carbonyl (C=O) groups excluding carboxylic acids is 1. The summed E-state index contributed by atoms with van der Waals surface area (Å²) < 4.78 is 11.3. The third kappa shape index (κ3) is 6.27. The molecule has 5 nitrogen and oxygen atoms in total. The lowest BCUT2D eigenvalue weighted by atomic mass is 10.1. The van der Waals surface area contributed by atoms with E-state index < -0.39 is 0 Å². The molecule has 1 amide bonds. The van der Waals surface area contributed by atoms with Crippen LogP contribution >= 0.6 is 11.6 Å². The Morgan fingerprint density at radius 3 is 2.72 bits per heavy atom. The van der Waals surface area contributed by atoms with Gasteiger partial charge in [0, 0.05) is 13.0 Å². The van der Waals surface area contributed by atoms with Crippen molar-refractivity contribution in [2.24, 2.45) is 0 Å². The summed E-state index contributed by atoms with van der Waals surface area (Å²) in [6.45, 7) is 5.84. The maximum atomic E-state index is 11.0. The molecule has 0 radical (unpaired) electrons. The molecule has 0 saturated carbocycles. The highest BCUT2D eigenvalue weighted by molar-refractivity contribution is 6.32. The minimum absolute atomic E-state index is 0.0751. The molecule has 0 unspecified atom stereocenters. The van der Waals surface area contributed by atoms with Crippen LogP contribution in [0.5, 0.6) is 17.4 Å². The highest BCUT2D eigenvalue weighted by Crippen LogP contribution is 2.30. The average molecular weight is 363 g/mol. The molecular weight excluding hydrogens is 340 g/mol. The molecule has 2 rings (SSSR count). The summed E-state index contributed by atoms with van der Waals surface area (Å²) in [5.41, 5.74) is 1.19. The SMILES string of the molecule is CCCc1ccc(Oc2ccc(OC[C@H](C)NC(C)=O)cn2)c(Cl)c1. The van der Waals surface area contributed by atoms with E-state index in [1.54, 1.807) is 18.3 Å². The minimum atomic E-state index is -0.0835. The second kappa shape index (κ2) is 9.28. The predicted octanol–water partition coefficient (Wildman–Crippen LogP) is 4.38. The number of halogens is 1. The summed E-state index contributed by atoms with van der Waals surface area (Å²) >= 11 is 6.26. The van der Waals surface area contributed by atoms with Crippen LogP contribution in [0.3, 0.4) is 0 Å². The van der Waals surface area contributed by atoms with Gasteiger partial charge in [-0.15, -0.1) is 0 Å². The average Bonchev–Trinajstić information content (AvgIpc) is 2.56. The van der Waals surface area contributed by atoms with Crippen molar-refractivity contribution in [2.45, 2.75) is 39.7 Å². The first kappa shape index (κ1) is 19.1. The second-order valence-electron chi connectivity index (χ2n) is 5.86. The van der Waals surface area contributed by atoms with Crippen molar-refractivity contribution >= 4 is 17.5 Å². The van der Waals surface area contributed by atoms with E-state index in [2.05, 4.69) is 17.2 Å². The second-order valence-corrected chi connectivity index (χ2v) is 6.27. The third-order valence-electron chi connectivity index (χ3n) is 3.41. The van der Waals surface area contributed by atoms with E-state index in [9.17, 15) is 4.79 Å². The quantitative estimate of drug-likeness (QED) is 0.756. The summed E-state index contributed by atoms with van der Waals surface area (Å²) in [7, 11) is 0. The van der Waals surface area contributed by atoms with Crippen molar-refractivity contribution in [2.75, 3.05) is 6.61 Å². The van der Waals surface area contributed by atoms with E-state index in [0.717, 1.165) is 12.8 Å². The molecule has 0 aliphatic carbocycles. The van der Waals surface area contributed by atoms with Crippen LogP contribution < -0.4 is 14.8 Å². The number of ether oxygens (including phenoxy) is 2. The number of amides is 1. The molecule has 25 heavy (non-hydrogen) atoms. The smallest absolute Gasteiger partial charge is 0.219 e. The van der Waals surface area contributed by atoms with E-state index in [-0.39, 0.29) is 11.9 Å². The van der Waals surface area contributed by atoms with Crippen LogP contribution in [0.15, 0.2) is 36.5 Å². The van der Waals surface area contributed by atoms with Gasteiger partial charge in [-0.3, -0.25) is 4.79 Å². The number of hydrogen-bond donors (Lipinski definition) is 1. The van der Waals surface area contributed by atoms with Crippen LogP contribution in [0.25, 0.3) is 0 Å². The van der Waals surface area contributed by atoms with Gasteiger partial charge in [0.1, 0.15) is 18.1 Å². The Morgan fingerprint density at radius 2 is 2.12 bits per heavy atom. The fraction of sp³-hybridized carbons (Fsp3) is 0.368. The normalized spacial score (nSPS) is 11.7. The maximum Gasteiger partial charge on any atom is 0.219 e.